The number of nitrogens with zero attached hydrogens (tertiary/aromatic N) is 3. The second-order valence-corrected chi connectivity index (χ2v) is 5.37. The van der Waals surface area contributed by atoms with E-state index in [-0.39, 0.29) is 11.7 Å². The Balaban J connectivity index is 1.84. The molecule has 0 atom stereocenters. The molecule has 0 fully saturated rings. The van der Waals surface area contributed by atoms with E-state index in [1.807, 2.05) is 0 Å². The van der Waals surface area contributed by atoms with Gasteiger partial charge in [0.05, 0.1) is 18.4 Å². The highest BCUT2D eigenvalue weighted by Crippen LogP contribution is 2.19. The molecule has 6 nitrogen and oxygen atoms in total. The molecule has 3 rings (SSSR count). The van der Waals surface area contributed by atoms with E-state index < -0.39 is 5.91 Å². The number of fused-ring (bicyclic) bond motifs is 1. The Morgan fingerprint density at radius 2 is 2.00 bits per heavy atom. The van der Waals surface area contributed by atoms with Gasteiger partial charge in [-0.05, 0) is 30.7 Å². The molecule has 0 aliphatic carbocycles. The van der Waals surface area contributed by atoms with Crippen molar-refractivity contribution < 1.29 is 9.59 Å². The van der Waals surface area contributed by atoms with Gasteiger partial charge in [-0.15, -0.1) is 0 Å². The average Bonchev–Trinajstić information content (AvgIpc) is 2.53. The molecular weight excluding hydrogens is 304 g/mol. The van der Waals surface area contributed by atoms with Crippen molar-refractivity contribution in [3.63, 3.8) is 0 Å². The molecule has 2 heterocycles. The number of hydrogen-bond donors (Lipinski definition) is 1. The Morgan fingerprint density at radius 3 is 2.68 bits per heavy atom. The molecule has 22 heavy (non-hydrogen) atoms. The topological polar surface area (TPSA) is 89.2 Å². The number of carbonyl (C=O) groups is 2. The summed E-state index contributed by atoms with van der Waals surface area (Å²) in [5, 5.41) is 0.578. The van der Waals surface area contributed by atoms with Crippen molar-refractivity contribution in [2.75, 3.05) is 6.54 Å². The maximum Gasteiger partial charge on any atom is 0.286 e. The fraction of sp³-hybridized carbons (Fsp3) is 0.200. The maximum absolute atomic E-state index is 12.5. The van der Waals surface area contributed by atoms with E-state index in [1.54, 1.807) is 29.2 Å². The molecule has 0 saturated carbocycles. The first-order valence-electron chi connectivity index (χ1n) is 6.66. The summed E-state index contributed by atoms with van der Waals surface area (Å²) < 4.78 is 0. The van der Waals surface area contributed by atoms with Crippen molar-refractivity contribution in [2.45, 2.75) is 13.0 Å². The van der Waals surface area contributed by atoms with Crippen LogP contribution in [0.2, 0.25) is 5.02 Å². The van der Waals surface area contributed by atoms with Gasteiger partial charge < -0.3 is 10.6 Å². The van der Waals surface area contributed by atoms with E-state index in [2.05, 4.69) is 16.2 Å². The number of rotatable bonds is 2. The Labute approximate surface area is 131 Å². The summed E-state index contributed by atoms with van der Waals surface area (Å²) in [4.78, 5) is 33.2. The summed E-state index contributed by atoms with van der Waals surface area (Å²) in [5.41, 5.74) is 7.15. The van der Waals surface area contributed by atoms with E-state index >= 15 is 0 Å². The molecule has 1 radical (unpaired) electrons. The van der Waals surface area contributed by atoms with E-state index in [0.717, 1.165) is 5.56 Å². The van der Waals surface area contributed by atoms with Crippen LogP contribution in [-0.2, 0) is 13.0 Å². The van der Waals surface area contributed by atoms with Gasteiger partial charge in [-0.3, -0.25) is 9.59 Å². The van der Waals surface area contributed by atoms with Gasteiger partial charge in [0.25, 0.3) is 11.8 Å². The fourth-order valence-electron chi connectivity index (χ4n) is 2.30. The van der Waals surface area contributed by atoms with E-state index in [4.69, 9.17) is 17.3 Å². The van der Waals surface area contributed by atoms with Crippen LogP contribution < -0.4 is 5.73 Å². The van der Waals surface area contributed by atoms with Gasteiger partial charge in [-0.1, -0.05) is 11.6 Å². The third-order valence-electron chi connectivity index (χ3n) is 3.46. The third-order valence-corrected chi connectivity index (χ3v) is 3.71. The van der Waals surface area contributed by atoms with Crippen molar-refractivity contribution in [3.8, 4) is 0 Å². The summed E-state index contributed by atoms with van der Waals surface area (Å²) in [5.74, 6) is -0.902. The quantitative estimate of drug-likeness (QED) is 0.902. The number of amides is 2. The van der Waals surface area contributed by atoms with Crippen molar-refractivity contribution in [1.29, 1.82) is 0 Å². The minimum Gasteiger partial charge on any atom is -0.363 e. The van der Waals surface area contributed by atoms with E-state index in [9.17, 15) is 9.59 Å². The summed E-state index contributed by atoms with van der Waals surface area (Å²) in [6, 6.07) is 6.71. The number of aromatic nitrogens is 2. The van der Waals surface area contributed by atoms with E-state index in [0.29, 0.717) is 35.8 Å². The zero-order chi connectivity index (χ0) is 15.7. The van der Waals surface area contributed by atoms with Crippen molar-refractivity contribution in [2.24, 2.45) is 5.73 Å². The van der Waals surface area contributed by atoms with Crippen LogP contribution in [0.25, 0.3) is 0 Å². The molecule has 2 N–H and O–H groups in total. The van der Waals surface area contributed by atoms with Gasteiger partial charge >= 0.3 is 0 Å². The van der Waals surface area contributed by atoms with Crippen LogP contribution in [0.1, 0.15) is 32.2 Å². The molecule has 111 valence electrons. The van der Waals surface area contributed by atoms with Gasteiger partial charge in [-0.2, -0.15) is 0 Å². The van der Waals surface area contributed by atoms with Crippen LogP contribution in [0.3, 0.4) is 0 Å². The molecule has 2 aromatic rings. The highest BCUT2D eigenvalue weighted by Gasteiger charge is 2.24. The zero-order valence-electron chi connectivity index (χ0n) is 11.5. The summed E-state index contributed by atoms with van der Waals surface area (Å²) in [6.07, 6.45) is 3.37. The average molecular weight is 316 g/mol. The zero-order valence-corrected chi connectivity index (χ0v) is 12.3. The first-order chi connectivity index (χ1) is 10.5. The number of benzene rings is 1. The van der Waals surface area contributed by atoms with Gasteiger partial charge in [0.2, 0.25) is 5.82 Å². The molecule has 0 bridgehead atoms. The van der Waals surface area contributed by atoms with Crippen LogP contribution in [0.15, 0.2) is 24.3 Å². The fourth-order valence-corrected chi connectivity index (χ4v) is 2.43. The van der Waals surface area contributed by atoms with Gasteiger partial charge in [0, 0.05) is 22.7 Å². The van der Waals surface area contributed by atoms with Crippen LogP contribution >= 0.6 is 11.6 Å². The Bertz CT molecular complexity index is 746. The van der Waals surface area contributed by atoms with Gasteiger partial charge in [-0.25, -0.2) is 9.97 Å². The molecule has 2 amide bonds. The first kappa shape index (κ1) is 14.5. The summed E-state index contributed by atoms with van der Waals surface area (Å²) >= 11 is 5.83. The monoisotopic (exact) mass is 315 g/mol. The summed E-state index contributed by atoms with van der Waals surface area (Å²) in [7, 11) is 0. The minimum atomic E-state index is -0.708. The SMILES string of the molecule is NC(=O)c1n[c]c2c(n1)CN(C(=O)c1ccc(Cl)cc1)CC2. The molecule has 7 heteroatoms. The minimum absolute atomic E-state index is 0.0838. The van der Waals surface area contributed by atoms with Crippen molar-refractivity contribution in [1.82, 2.24) is 14.9 Å². The molecular formula is C15H12ClN4O2. The second-order valence-electron chi connectivity index (χ2n) is 4.93. The maximum atomic E-state index is 12.5. The standard InChI is InChI=1S/C15H12ClN4O2/c16-11-3-1-9(2-4-11)15(22)20-6-5-10-7-18-14(13(17)21)19-12(10)8-20/h1-4H,5-6,8H2,(H2,17,21). The third kappa shape index (κ3) is 2.78. The molecule has 0 saturated heterocycles. The van der Waals surface area contributed by atoms with Crippen LogP contribution in [0, 0.1) is 6.20 Å². The van der Waals surface area contributed by atoms with Gasteiger partial charge in [0.15, 0.2) is 0 Å². The highest BCUT2D eigenvalue weighted by atomic mass is 35.5. The predicted octanol–water partition coefficient (Wildman–Crippen LogP) is 1.23. The number of carbonyl (C=O) groups excluding carboxylic acids is 2. The second kappa shape index (κ2) is 5.73. The molecule has 0 spiro atoms. The normalized spacial score (nSPS) is 13.6. The van der Waals surface area contributed by atoms with Crippen LogP contribution in [0.4, 0.5) is 0 Å². The summed E-state index contributed by atoms with van der Waals surface area (Å²) in [6.45, 7) is 0.848. The molecule has 1 aliphatic rings. The molecule has 1 aromatic heterocycles. The number of halogens is 1. The Morgan fingerprint density at radius 1 is 1.27 bits per heavy atom. The molecule has 0 unspecified atom stereocenters. The van der Waals surface area contributed by atoms with Gasteiger partial charge in [0.1, 0.15) is 0 Å². The Hall–Kier alpha value is -2.47. The van der Waals surface area contributed by atoms with Crippen LogP contribution in [0.5, 0.6) is 0 Å². The lowest BCUT2D eigenvalue weighted by atomic mass is 10.1. The largest absolute Gasteiger partial charge is 0.363 e. The van der Waals surface area contributed by atoms with E-state index in [1.165, 1.54) is 0 Å². The number of primary amides is 1. The Kier molecular flexibility index (Phi) is 3.77. The lowest BCUT2D eigenvalue weighted by Gasteiger charge is -2.27. The number of hydrogen-bond acceptors (Lipinski definition) is 4. The highest BCUT2D eigenvalue weighted by molar-refractivity contribution is 6.30. The predicted molar refractivity (Wildman–Crippen MR) is 79.3 cm³/mol. The molecule has 1 aromatic carbocycles. The number of nitrogens with two attached hydrogens (primary N) is 1. The van der Waals surface area contributed by atoms with Crippen molar-refractivity contribution in [3.05, 3.63) is 58.1 Å². The first-order valence-corrected chi connectivity index (χ1v) is 7.04. The lowest BCUT2D eigenvalue weighted by molar-refractivity contribution is 0.0731. The van der Waals surface area contributed by atoms with Crippen LogP contribution in [-0.4, -0.2) is 33.2 Å². The smallest absolute Gasteiger partial charge is 0.286 e. The van der Waals surface area contributed by atoms with Crippen molar-refractivity contribution >= 4 is 23.4 Å². The lowest BCUT2D eigenvalue weighted by Crippen LogP contribution is -2.37. The molecule has 1 aliphatic heterocycles.